The number of aryl methyl sites for hydroxylation is 1. The largest absolute Gasteiger partial charge is 0.360 e. The number of hydrogen-bond donors (Lipinski definition) is 1. The van der Waals surface area contributed by atoms with Gasteiger partial charge < -0.3 is 9.84 Å². The summed E-state index contributed by atoms with van der Waals surface area (Å²) in [6.45, 7) is 2.81. The fraction of sp³-hybridized carbons (Fsp3) is 0.750. The fourth-order valence-electron chi connectivity index (χ4n) is 2.35. The molecule has 0 radical (unpaired) electrons. The number of aromatic nitrogens is 1. The van der Waals surface area contributed by atoms with Crippen LogP contribution in [0.2, 0.25) is 0 Å². The van der Waals surface area contributed by atoms with E-state index in [2.05, 4.69) is 10.5 Å². The molecular formula is C12H18N2O. The minimum Gasteiger partial charge on any atom is -0.360 e. The Morgan fingerprint density at radius 3 is 2.53 bits per heavy atom. The van der Waals surface area contributed by atoms with E-state index in [4.69, 9.17) is 4.52 Å². The molecule has 0 amide bonds. The van der Waals surface area contributed by atoms with Crippen LogP contribution in [0.1, 0.15) is 37.1 Å². The molecule has 0 atom stereocenters. The molecule has 2 aliphatic rings. The molecule has 0 saturated heterocycles. The van der Waals surface area contributed by atoms with Gasteiger partial charge in [-0.15, -0.1) is 0 Å². The summed E-state index contributed by atoms with van der Waals surface area (Å²) in [5, 5.41) is 7.54. The Morgan fingerprint density at radius 2 is 2.07 bits per heavy atom. The highest BCUT2D eigenvalue weighted by molar-refractivity contribution is 5.04. The van der Waals surface area contributed by atoms with Crippen molar-refractivity contribution in [3.8, 4) is 0 Å². The predicted molar refractivity (Wildman–Crippen MR) is 57.3 cm³/mol. The van der Waals surface area contributed by atoms with Crippen molar-refractivity contribution in [2.45, 2.75) is 45.2 Å². The van der Waals surface area contributed by atoms with Gasteiger partial charge in [0.1, 0.15) is 0 Å². The topological polar surface area (TPSA) is 38.1 Å². The molecule has 0 spiro atoms. The van der Waals surface area contributed by atoms with E-state index in [0.29, 0.717) is 0 Å². The van der Waals surface area contributed by atoms with Gasteiger partial charge in [0.2, 0.25) is 0 Å². The number of hydrogen-bond acceptors (Lipinski definition) is 3. The second-order valence-electron chi connectivity index (χ2n) is 5.02. The number of nitrogens with zero attached hydrogens (tertiary/aromatic N) is 1. The highest BCUT2D eigenvalue weighted by Crippen LogP contribution is 2.44. The van der Waals surface area contributed by atoms with Crippen molar-refractivity contribution >= 4 is 0 Å². The molecule has 15 heavy (non-hydrogen) atoms. The van der Waals surface area contributed by atoms with Gasteiger partial charge in [-0.2, -0.15) is 0 Å². The molecule has 2 fully saturated rings. The molecule has 1 N–H and O–H groups in total. The average Bonchev–Trinajstić information content (AvgIpc) is 3.09. The van der Waals surface area contributed by atoms with Gasteiger partial charge in [-0.25, -0.2) is 0 Å². The molecule has 3 nitrogen and oxygen atoms in total. The summed E-state index contributed by atoms with van der Waals surface area (Å²) in [4.78, 5) is 0. The standard InChI is InChI=1S/C12H18N2O/c1-8-6-11(15-14-8)7-13-12(9-2-3-9)10-4-5-10/h6,9-10,12-13H,2-5,7H2,1H3. The quantitative estimate of drug-likeness (QED) is 0.803. The van der Waals surface area contributed by atoms with E-state index in [0.717, 1.165) is 35.9 Å². The first-order chi connectivity index (χ1) is 7.33. The average molecular weight is 206 g/mol. The maximum absolute atomic E-state index is 5.20. The van der Waals surface area contributed by atoms with Crippen molar-refractivity contribution in [3.63, 3.8) is 0 Å². The highest BCUT2D eigenvalue weighted by atomic mass is 16.5. The lowest BCUT2D eigenvalue weighted by atomic mass is 10.1. The zero-order valence-corrected chi connectivity index (χ0v) is 9.20. The van der Waals surface area contributed by atoms with Crippen molar-refractivity contribution in [3.05, 3.63) is 17.5 Å². The molecule has 3 heteroatoms. The predicted octanol–water partition coefficient (Wildman–Crippen LogP) is 2.26. The first-order valence-electron chi connectivity index (χ1n) is 5.98. The summed E-state index contributed by atoms with van der Waals surface area (Å²) >= 11 is 0. The first kappa shape index (κ1) is 9.40. The van der Waals surface area contributed by atoms with Crippen molar-refractivity contribution in [2.75, 3.05) is 0 Å². The van der Waals surface area contributed by atoms with E-state index in [9.17, 15) is 0 Å². The molecule has 0 aromatic carbocycles. The lowest BCUT2D eigenvalue weighted by Gasteiger charge is -2.16. The van der Waals surface area contributed by atoms with Crippen LogP contribution in [-0.2, 0) is 6.54 Å². The molecule has 0 unspecified atom stereocenters. The van der Waals surface area contributed by atoms with Gasteiger partial charge in [0.05, 0.1) is 12.2 Å². The van der Waals surface area contributed by atoms with Crippen LogP contribution in [-0.4, -0.2) is 11.2 Å². The zero-order valence-electron chi connectivity index (χ0n) is 9.20. The van der Waals surface area contributed by atoms with Gasteiger partial charge >= 0.3 is 0 Å². The minimum atomic E-state index is 0.746. The first-order valence-corrected chi connectivity index (χ1v) is 5.98. The summed E-state index contributed by atoms with van der Waals surface area (Å²) in [5.74, 6) is 2.86. The maximum Gasteiger partial charge on any atom is 0.150 e. The van der Waals surface area contributed by atoms with Crippen molar-refractivity contribution in [1.29, 1.82) is 0 Å². The molecule has 2 saturated carbocycles. The molecule has 1 aromatic heterocycles. The van der Waals surface area contributed by atoms with E-state index in [1.165, 1.54) is 25.7 Å². The summed E-state index contributed by atoms with van der Waals surface area (Å²) in [7, 11) is 0. The molecule has 0 bridgehead atoms. The number of nitrogens with one attached hydrogen (secondary N) is 1. The van der Waals surface area contributed by atoms with Gasteiger partial charge in [-0.3, -0.25) is 0 Å². The molecular weight excluding hydrogens is 188 g/mol. The number of rotatable bonds is 5. The SMILES string of the molecule is Cc1cc(CNC(C2CC2)C2CC2)on1. The van der Waals surface area contributed by atoms with Crippen LogP contribution >= 0.6 is 0 Å². The maximum atomic E-state index is 5.20. The zero-order chi connectivity index (χ0) is 10.3. The molecule has 1 aromatic rings. The monoisotopic (exact) mass is 206 g/mol. The second kappa shape index (κ2) is 3.63. The van der Waals surface area contributed by atoms with E-state index in [1.807, 2.05) is 13.0 Å². The third kappa shape index (κ3) is 2.23. The third-order valence-electron chi connectivity index (χ3n) is 3.45. The lowest BCUT2D eigenvalue weighted by Crippen LogP contribution is -2.32. The molecule has 2 aliphatic carbocycles. The highest BCUT2D eigenvalue weighted by Gasteiger charge is 2.41. The van der Waals surface area contributed by atoms with Gasteiger partial charge in [0, 0.05) is 12.1 Å². The fourth-order valence-corrected chi connectivity index (χ4v) is 2.35. The van der Waals surface area contributed by atoms with E-state index >= 15 is 0 Å². The van der Waals surface area contributed by atoms with Crippen LogP contribution < -0.4 is 5.32 Å². The van der Waals surface area contributed by atoms with Crippen LogP contribution in [0, 0.1) is 18.8 Å². The van der Waals surface area contributed by atoms with Crippen LogP contribution in [0.4, 0.5) is 0 Å². The van der Waals surface area contributed by atoms with E-state index in [1.54, 1.807) is 0 Å². The van der Waals surface area contributed by atoms with Gasteiger partial charge in [0.25, 0.3) is 0 Å². The Hall–Kier alpha value is -0.830. The van der Waals surface area contributed by atoms with E-state index < -0.39 is 0 Å². The van der Waals surface area contributed by atoms with E-state index in [-0.39, 0.29) is 0 Å². The third-order valence-corrected chi connectivity index (χ3v) is 3.45. The van der Waals surface area contributed by atoms with Gasteiger partial charge in [-0.1, -0.05) is 5.16 Å². The smallest absolute Gasteiger partial charge is 0.150 e. The second-order valence-corrected chi connectivity index (χ2v) is 5.02. The Bertz CT molecular complexity index is 327. The van der Waals surface area contributed by atoms with Crippen LogP contribution in [0.5, 0.6) is 0 Å². The summed E-state index contributed by atoms with van der Waals surface area (Å²) < 4.78 is 5.20. The molecule has 3 rings (SSSR count). The van der Waals surface area contributed by atoms with Crippen LogP contribution in [0.15, 0.2) is 10.6 Å². The molecule has 1 heterocycles. The Kier molecular flexibility index (Phi) is 2.28. The van der Waals surface area contributed by atoms with Gasteiger partial charge in [0.15, 0.2) is 5.76 Å². The molecule has 0 aliphatic heterocycles. The van der Waals surface area contributed by atoms with Crippen LogP contribution in [0.3, 0.4) is 0 Å². The lowest BCUT2D eigenvalue weighted by molar-refractivity contribution is 0.342. The van der Waals surface area contributed by atoms with Crippen molar-refractivity contribution in [1.82, 2.24) is 10.5 Å². The molecule has 82 valence electrons. The summed E-state index contributed by atoms with van der Waals surface area (Å²) in [5.41, 5.74) is 0.973. The summed E-state index contributed by atoms with van der Waals surface area (Å²) in [6, 6.07) is 2.76. The Balaban J connectivity index is 1.55. The van der Waals surface area contributed by atoms with Crippen molar-refractivity contribution < 1.29 is 4.52 Å². The minimum absolute atomic E-state index is 0.746. The summed E-state index contributed by atoms with van der Waals surface area (Å²) in [6.07, 6.45) is 5.68. The van der Waals surface area contributed by atoms with Crippen LogP contribution in [0.25, 0.3) is 0 Å². The normalized spacial score (nSPS) is 21.2. The van der Waals surface area contributed by atoms with Crippen molar-refractivity contribution in [2.24, 2.45) is 11.8 Å². The Labute approximate surface area is 90.2 Å². The Morgan fingerprint density at radius 1 is 1.40 bits per heavy atom. The van der Waals surface area contributed by atoms with Gasteiger partial charge in [-0.05, 0) is 44.4 Å².